The maximum Gasteiger partial charge on any atom is 0.229 e. The van der Waals surface area contributed by atoms with E-state index in [9.17, 15) is 4.79 Å². The summed E-state index contributed by atoms with van der Waals surface area (Å²) < 4.78 is 6.64. The molecule has 1 amide bonds. The summed E-state index contributed by atoms with van der Waals surface area (Å²) in [6, 6.07) is 14.5. The molecule has 0 aliphatic carbocycles. The number of rotatable bonds is 8. The van der Waals surface area contributed by atoms with Crippen molar-refractivity contribution < 1.29 is 9.53 Å². The smallest absolute Gasteiger partial charge is 0.229 e. The summed E-state index contributed by atoms with van der Waals surface area (Å²) in [4.78, 5) is 23.7. The van der Waals surface area contributed by atoms with Gasteiger partial charge in [0.05, 0.1) is 23.4 Å². The lowest BCUT2D eigenvalue weighted by atomic mass is 10.1. The Bertz CT molecular complexity index is 977. The van der Waals surface area contributed by atoms with Crippen molar-refractivity contribution in [1.82, 2.24) is 9.88 Å². The van der Waals surface area contributed by atoms with Crippen LogP contribution in [0.4, 0.5) is 5.13 Å². The molecule has 0 spiro atoms. The number of anilines is 1. The van der Waals surface area contributed by atoms with Crippen molar-refractivity contribution in [2.75, 3.05) is 50.0 Å². The number of thioether (sulfide) groups is 1. The lowest BCUT2D eigenvalue weighted by molar-refractivity contribution is -0.118. The number of hydrogen-bond acceptors (Lipinski definition) is 6. The molecular formula is C24H29N3O2S2. The van der Waals surface area contributed by atoms with Gasteiger partial charge in [-0.1, -0.05) is 41.7 Å². The second-order valence-electron chi connectivity index (χ2n) is 7.78. The first-order chi connectivity index (χ1) is 15.1. The molecule has 1 aromatic heterocycles. The van der Waals surface area contributed by atoms with Crippen molar-refractivity contribution in [3.05, 3.63) is 53.6 Å². The molecule has 164 valence electrons. The van der Waals surface area contributed by atoms with Crippen molar-refractivity contribution >= 4 is 44.4 Å². The molecule has 31 heavy (non-hydrogen) atoms. The van der Waals surface area contributed by atoms with E-state index in [4.69, 9.17) is 9.72 Å². The number of carbonyl (C=O) groups is 1. The number of fused-ring (bicyclic) bond motifs is 1. The fourth-order valence-electron chi connectivity index (χ4n) is 3.66. The van der Waals surface area contributed by atoms with E-state index in [1.54, 1.807) is 23.1 Å². The average molecular weight is 456 g/mol. The number of aryl methyl sites for hydroxylation is 2. The van der Waals surface area contributed by atoms with Crippen LogP contribution in [-0.2, 0) is 9.53 Å². The number of ether oxygens (including phenoxy) is 1. The zero-order chi connectivity index (χ0) is 21.6. The minimum Gasteiger partial charge on any atom is -0.379 e. The molecule has 1 saturated heterocycles. The van der Waals surface area contributed by atoms with Crippen molar-refractivity contribution in [1.29, 1.82) is 0 Å². The van der Waals surface area contributed by atoms with Crippen LogP contribution in [0.25, 0.3) is 10.2 Å². The second-order valence-corrected chi connectivity index (χ2v) is 9.93. The molecule has 0 radical (unpaired) electrons. The van der Waals surface area contributed by atoms with Gasteiger partial charge in [-0.25, -0.2) is 4.98 Å². The SMILES string of the molecule is Cc1ccc(C)c2sc(N(CCN3CCOCC3)C(=O)CCSc3ccccc3)nc12. The maximum atomic E-state index is 13.3. The Hall–Kier alpha value is -1.93. The van der Waals surface area contributed by atoms with E-state index >= 15 is 0 Å². The van der Waals surface area contributed by atoms with Crippen molar-refractivity contribution in [3.8, 4) is 0 Å². The Morgan fingerprint density at radius 3 is 2.61 bits per heavy atom. The molecule has 1 aliphatic rings. The van der Waals surface area contributed by atoms with Gasteiger partial charge in [-0.2, -0.15) is 0 Å². The molecule has 0 saturated carbocycles. The third kappa shape index (κ3) is 5.66. The third-order valence-electron chi connectivity index (χ3n) is 5.53. The fraction of sp³-hybridized carbons (Fsp3) is 0.417. The molecule has 7 heteroatoms. The molecule has 4 rings (SSSR count). The van der Waals surface area contributed by atoms with Gasteiger partial charge >= 0.3 is 0 Å². The van der Waals surface area contributed by atoms with Crippen LogP contribution < -0.4 is 4.90 Å². The topological polar surface area (TPSA) is 45.7 Å². The van der Waals surface area contributed by atoms with E-state index in [0.717, 1.165) is 54.8 Å². The maximum absolute atomic E-state index is 13.3. The summed E-state index contributed by atoms with van der Waals surface area (Å²) in [5.74, 6) is 0.908. The van der Waals surface area contributed by atoms with Crippen molar-refractivity contribution in [2.24, 2.45) is 0 Å². The largest absolute Gasteiger partial charge is 0.379 e. The van der Waals surface area contributed by atoms with Crippen LogP contribution in [0.5, 0.6) is 0 Å². The van der Waals surface area contributed by atoms with Gasteiger partial charge in [-0.3, -0.25) is 14.6 Å². The van der Waals surface area contributed by atoms with Gasteiger partial charge in [0.25, 0.3) is 0 Å². The zero-order valence-electron chi connectivity index (χ0n) is 18.2. The molecule has 3 aromatic rings. The lowest BCUT2D eigenvalue weighted by Gasteiger charge is -2.29. The van der Waals surface area contributed by atoms with Gasteiger partial charge in [0.2, 0.25) is 5.91 Å². The first-order valence-corrected chi connectivity index (χ1v) is 12.6. The van der Waals surface area contributed by atoms with Crippen LogP contribution >= 0.6 is 23.1 Å². The molecule has 2 heterocycles. The number of carbonyl (C=O) groups excluding carboxylic acids is 1. The zero-order valence-corrected chi connectivity index (χ0v) is 19.8. The van der Waals surface area contributed by atoms with Crippen LogP contribution in [0.15, 0.2) is 47.4 Å². The van der Waals surface area contributed by atoms with E-state index in [-0.39, 0.29) is 5.91 Å². The monoisotopic (exact) mass is 455 g/mol. The van der Waals surface area contributed by atoms with E-state index in [0.29, 0.717) is 13.0 Å². The molecular weight excluding hydrogens is 426 g/mol. The molecule has 0 N–H and O–H groups in total. The first kappa shape index (κ1) is 22.3. The number of aromatic nitrogens is 1. The van der Waals surface area contributed by atoms with E-state index in [1.165, 1.54) is 15.2 Å². The molecule has 2 aromatic carbocycles. The Morgan fingerprint density at radius 1 is 1.13 bits per heavy atom. The van der Waals surface area contributed by atoms with E-state index in [2.05, 4.69) is 43.0 Å². The van der Waals surface area contributed by atoms with Gasteiger partial charge in [-0.05, 0) is 37.1 Å². The van der Waals surface area contributed by atoms with Gasteiger partial charge in [0.15, 0.2) is 5.13 Å². The predicted octanol–water partition coefficient (Wildman–Crippen LogP) is 4.76. The number of nitrogens with zero attached hydrogens (tertiary/aromatic N) is 3. The van der Waals surface area contributed by atoms with E-state index < -0.39 is 0 Å². The first-order valence-electron chi connectivity index (χ1n) is 10.8. The fourth-order valence-corrected chi connectivity index (χ4v) is 5.68. The standard InChI is InChI=1S/C24H29N3O2S2/c1-18-8-9-19(2)23-22(18)25-24(31-23)27(12-11-26-13-15-29-16-14-26)21(28)10-17-30-20-6-4-3-5-7-20/h3-9H,10-17H2,1-2H3. The van der Waals surface area contributed by atoms with Crippen LogP contribution in [0.3, 0.4) is 0 Å². The number of hydrogen-bond donors (Lipinski definition) is 0. The highest BCUT2D eigenvalue weighted by Gasteiger charge is 2.22. The van der Waals surface area contributed by atoms with Gasteiger partial charge in [0.1, 0.15) is 0 Å². The summed E-state index contributed by atoms with van der Waals surface area (Å²) in [7, 11) is 0. The lowest BCUT2D eigenvalue weighted by Crippen LogP contribution is -2.43. The Balaban J connectivity index is 1.50. The van der Waals surface area contributed by atoms with Gasteiger partial charge in [0, 0.05) is 43.2 Å². The highest BCUT2D eigenvalue weighted by atomic mass is 32.2. The van der Waals surface area contributed by atoms with E-state index in [1.807, 2.05) is 23.1 Å². The molecule has 0 unspecified atom stereocenters. The summed E-state index contributed by atoms with van der Waals surface area (Å²) >= 11 is 3.36. The number of morpholine rings is 1. The number of benzene rings is 2. The summed E-state index contributed by atoms with van der Waals surface area (Å²) in [5, 5.41) is 0.815. The molecule has 0 bridgehead atoms. The third-order valence-corrected chi connectivity index (χ3v) is 7.76. The molecule has 0 atom stereocenters. The highest BCUT2D eigenvalue weighted by molar-refractivity contribution is 7.99. The Morgan fingerprint density at radius 2 is 1.87 bits per heavy atom. The van der Waals surface area contributed by atoms with Crippen molar-refractivity contribution in [2.45, 2.75) is 25.2 Å². The Labute approximate surface area is 192 Å². The van der Waals surface area contributed by atoms with Gasteiger partial charge < -0.3 is 4.74 Å². The normalized spacial score (nSPS) is 14.8. The minimum absolute atomic E-state index is 0.144. The minimum atomic E-state index is 0.144. The van der Waals surface area contributed by atoms with Crippen LogP contribution in [0.2, 0.25) is 0 Å². The number of amides is 1. The summed E-state index contributed by atoms with van der Waals surface area (Å²) in [6.07, 6.45) is 0.497. The van der Waals surface area contributed by atoms with Gasteiger partial charge in [-0.15, -0.1) is 11.8 Å². The average Bonchev–Trinajstić information content (AvgIpc) is 3.24. The van der Waals surface area contributed by atoms with Crippen molar-refractivity contribution in [3.63, 3.8) is 0 Å². The second kappa shape index (κ2) is 10.6. The predicted molar refractivity (Wildman–Crippen MR) is 130 cm³/mol. The molecule has 1 fully saturated rings. The molecule has 5 nitrogen and oxygen atoms in total. The quantitative estimate of drug-likeness (QED) is 0.458. The summed E-state index contributed by atoms with van der Waals surface area (Å²) in [6.45, 7) is 9.07. The van der Waals surface area contributed by atoms with Crippen LogP contribution in [0.1, 0.15) is 17.5 Å². The van der Waals surface area contributed by atoms with Crippen LogP contribution in [-0.4, -0.2) is 60.9 Å². The summed E-state index contributed by atoms with van der Waals surface area (Å²) in [5.41, 5.74) is 3.38. The highest BCUT2D eigenvalue weighted by Crippen LogP contribution is 2.33. The Kier molecular flexibility index (Phi) is 7.61. The molecule has 1 aliphatic heterocycles. The van der Waals surface area contributed by atoms with Crippen LogP contribution in [0, 0.1) is 13.8 Å². The number of thiazole rings is 1.